The third-order valence-electron chi connectivity index (χ3n) is 1.84. The predicted octanol–water partition coefficient (Wildman–Crippen LogP) is 1.52. The molecular weight excluding hydrogens is 184 g/mol. The first-order chi connectivity index (χ1) is 6.57. The van der Waals surface area contributed by atoms with Crippen molar-refractivity contribution >= 4 is 5.97 Å². The van der Waals surface area contributed by atoms with Crippen molar-refractivity contribution in [1.82, 2.24) is 0 Å². The normalized spacial score (nSPS) is 9.71. The van der Waals surface area contributed by atoms with E-state index in [9.17, 15) is 15.0 Å². The number of benzene rings is 1. The van der Waals surface area contributed by atoms with Crippen molar-refractivity contribution in [2.24, 2.45) is 0 Å². The summed E-state index contributed by atoms with van der Waals surface area (Å²) in [6.45, 7) is 3.44. The minimum atomic E-state index is -1.23. The molecule has 0 aliphatic heterocycles. The van der Waals surface area contributed by atoms with Crippen LogP contribution in [0.25, 0.3) is 0 Å². The Bertz CT molecular complexity index is 382. The predicted molar refractivity (Wildman–Crippen MR) is 50.6 cm³/mol. The summed E-state index contributed by atoms with van der Waals surface area (Å²) in [7, 11) is 0. The number of aromatic hydroxyl groups is 2. The highest BCUT2D eigenvalue weighted by atomic mass is 16.4. The zero-order valence-corrected chi connectivity index (χ0v) is 7.40. The number of carbonyl (C=O) groups is 1. The second kappa shape index (κ2) is 3.83. The van der Waals surface area contributed by atoms with Gasteiger partial charge in [-0.2, -0.15) is 0 Å². The number of allylic oxidation sites excluding steroid dienone is 1. The number of phenolic OH excluding ortho intramolecular Hbond substituents is 1. The molecule has 1 rings (SSSR count). The number of phenols is 2. The van der Waals surface area contributed by atoms with E-state index in [4.69, 9.17) is 5.11 Å². The molecule has 0 atom stereocenters. The van der Waals surface area contributed by atoms with Gasteiger partial charge in [0.15, 0.2) is 0 Å². The van der Waals surface area contributed by atoms with E-state index >= 15 is 0 Å². The van der Waals surface area contributed by atoms with Crippen molar-refractivity contribution in [3.63, 3.8) is 0 Å². The summed E-state index contributed by atoms with van der Waals surface area (Å²) in [5, 5.41) is 27.5. The average molecular weight is 194 g/mol. The van der Waals surface area contributed by atoms with Gasteiger partial charge in [-0.1, -0.05) is 6.08 Å². The van der Waals surface area contributed by atoms with Gasteiger partial charge in [0.1, 0.15) is 17.1 Å². The topological polar surface area (TPSA) is 77.8 Å². The quantitative estimate of drug-likeness (QED) is 0.637. The maximum atomic E-state index is 10.6. The maximum Gasteiger partial charge on any atom is 0.339 e. The van der Waals surface area contributed by atoms with Crippen LogP contribution in [0, 0.1) is 0 Å². The molecule has 0 aromatic heterocycles. The third-order valence-corrected chi connectivity index (χ3v) is 1.84. The highest BCUT2D eigenvalue weighted by molar-refractivity contribution is 5.91. The van der Waals surface area contributed by atoms with Crippen LogP contribution in [0.1, 0.15) is 15.9 Å². The third kappa shape index (κ3) is 1.69. The number of rotatable bonds is 3. The molecule has 0 unspecified atom stereocenters. The van der Waals surface area contributed by atoms with E-state index in [2.05, 4.69) is 6.58 Å². The minimum absolute atomic E-state index is 0.132. The number of hydrogen-bond donors (Lipinski definition) is 3. The molecule has 0 fully saturated rings. The highest BCUT2D eigenvalue weighted by Crippen LogP contribution is 2.30. The number of hydrogen-bond acceptors (Lipinski definition) is 3. The van der Waals surface area contributed by atoms with Crippen LogP contribution in [0.2, 0.25) is 0 Å². The maximum absolute atomic E-state index is 10.6. The van der Waals surface area contributed by atoms with Crippen molar-refractivity contribution < 1.29 is 20.1 Å². The number of carboxylic acid groups (broad SMARTS) is 1. The first-order valence-electron chi connectivity index (χ1n) is 3.96. The lowest BCUT2D eigenvalue weighted by atomic mass is 10.0. The Morgan fingerprint density at radius 2 is 2.07 bits per heavy atom. The molecule has 1 aromatic carbocycles. The van der Waals surface area contributed by atoms with Gasteiger partial charge >= 0.3 is 5.97 Å². The van der Waals surface area contributed by atoms with E-state index < -0.39 is 11.7 Å². The summed E-state index contributed by atoms with van der Waals surface area (Å²) in [5.74, 6) is -1.77. The number of carboxylic acids is 1. The first-order valence-corrected chi connectivity index (χ1v) is 3.96. The fourth-order valence-corrected chi connectivity index (χ4v) is 1.14. The van der Waals surface area contributed by atoms with Crippen molar-refractivity contribution in [1.29, 1.82) is 0 Å². The van der Waals surface area contributed by atoms with Gasteiger partial charge in [0.2, 0.25) is 0 Å². The molecule has 0 spiro atoms. The molecule has 0 radical (unpaired) electrons. The Kier molecular flexibility index (Phi) is 2.76. The van der Waals surface area contributed by atoms with Crippen molar-refractivity contribution in [3.05, 3.63) is 35.9 Å². The smallest absolute Gasteiger partial charge is 0.339 e. The Hall–Kier alpha value is -1.97. The van der Waals surface area contributed by atoms with Crippen molar-refractivity contribution in [2.45, 2.75) is 6.42 Å². The number of aromatic carboxylic acids is 1. The lowest BCUT2D eigenvalue weighted by molar-refractivity contribution is 0.0693. The summed E-state index contributed by atoms with van der Waals surface area (Å²) in [4.78, 5) is 10.6. The fourth-order valence-electron chi connectivity index (χ4n) is 1.14. The van der Waals surface area contributed by atoms with Crippen LogP contribution >= 0.6 is 0 Å². The molecule has 0 bridgehead atoms. The Morgan fingerprint density at radius 3 is 2.57 bits per heavy atom. The van der Waals surface area contributed by atoms with Crippen molar-refractivity contribution in [3.8, 4) is 11.5 Å². The molecule has 1 aromatic rings. The molecule has 14 heavy (non-hydrogen) atoms. The van der Waals surface area contributed by atoms with E-state index in [-0.39, 0.29) is 23.3 Å². The van der Waals surface area contributed by atoms with Crippen LogP contribution < -0.4 is 0 Å². The van der Waals surface area contributed by atoms with E-state index in [0.717, 1.165) is 6.07 Å². The lowest BCUT2D eigenvalue weighted by Gasteiger charge is -2.07. The molecular formula is C10H10O4. The van der Waals surface area contributed by atoms with Gasteiger partial charge in [-0.15, -0.1) is 6.58 Å². The average Bonchev–Trinajstić information content (AvgIpc) is 2.11. The lowest BCUT2D eigenvalue weighted by Crippen LogP contribution is -1.98. The molecule has 0 saturated heterocycles. The molecule has 0 saturated carbocycles. The second-order valence-corrected chi connectivity index (χ2v) is 2.76. The van der Waals surface area contributed by atoms with Crippen LogP contribution in [-0.2, 0) is 6.42 Å². The Balaban J connectivity index is 3.32. The van der Waals surface area contributed by atoms with Crippen LogP contribution in [0.5, 0.6) is 11.5 Å². The monoisotopic (exact) mass is 194 g/mol. The minimum Gasteiger partial charge on any atom is -0.508 e. The van der Waals surface area contributed by atoms with Crippen LogP contribution in [-0.4, -0.2) is 21.3 Å². The molecule has 74 valence electrons. The molecule has 0 aliphatic rings. The van der Waals surface area contributed by atoms with E-state index in [1.807, 2.05) is 0 Å². The highest BCUT2D eigenvalue weighted by Gasteiger charge is 2.15. The SMILES string of the molecule is C=CCc1c(O)ccc(C(=O)O)c1O. The van der Waals surface area contributed by atoms with Gasteiger partial charge in [-0.05, 0) is 18.6 Å². The van der Waals surface area contributed by atoms with Gasteiger partial charge in [-0.25, -0.2) is 4.79 Å². The van der Waals surface area contributed by atoms with Gasteiger partial charge in [0.05, 0.1) is 0 Å². The second-order valence-electron chi connectivity index (χ2n) is 2.76. The zero-order chi connectivity index (χ0) is 10.7. The summed E-state index contributed by atoms with van der Waals surface area (Å²) >= 11 is 0. The molecule has 4 heteroatoms. The van der Waals surface area contributed by atoms with Crippen LogP contribution in [0.15, 0.2) is 24.8 Å². The van der Waals surface area contributed by atoms with Crippen molar-refractivity contribution in [2.75, 3.05) is 0 Å². The summed E-state index contributed by atoms with van der Waals surface area (Å²) in [5.41, 5.74) is -0.0421. The van der Waals surface area contributed by atoms with Gasteiger partial charge in [0.25, 0.3) is 0 Å². The van der Waals surface area contributed by atoms with E-state index in [1.54, 1.807) is 0 Å². The molecule has 0 amide bonds. The fraction of sp³-hybridized carbons (Fsp3) is 0.100. The molecule has 3 N–H and O–H groups in total. The summed E-state index contributed by atoms with van der Waals surface area (Å²) in [6, 6.07) is 2.39. The van der Waals surface area contributed by atoms with Gasteiger partial charge < -0.3 is 15.3 Å². The Labute approximate surface area is 80.7 Å². The van der Waals surface area contributed by atoms with Crippen LogP contribution in [0.3, 0.4) is 0 Å². The zero-order valence-electron chi connectivity index (χ0n) is 7.40. The molecule has 0 heterocycles. The first kappa shape index (κ1) is 10.1. The van der Waals surface area contributed by atoms with E-state index in [0.29, 0.717) is 0 Å². The van der Waals surface area contributed by atoms with Gasteiger partial charge in [0, 0.05) is 5.56 Å². The molecule has 4 nitrogen and oxygen atoms in total. The van der Waals surface area contributed by atoms with Crippen LogP contribution in [0.4, 0.5) is 0 Å². The van der Waals surface area contributed by atoms with E-state index in [1.165, 1.54) is 12.1 Å². The van der Waals surface area contributed by atoms with Gasteiger partial charge in [-0.3, -0.25) is 0 Å². The molecule has 0 aliphatic carbocycles. The standard InChI is InChI=1S/C10H10O4/c1-2-3-6-8(11)5-4-7(9(6)12)10(13)14/h2,4-5,11-12H,1,3H2,(H,13,14). The summed E-state index contributed by atoms with van der Waals surface area (Å²) in [6.07, 6.45) is 1.69. The summed E-state index contributed by atoms with van der Waals surface area (Å²) < 4.78 is 0. The Morgan fingerprint density at radius 1 is 1.43 bits per heavy atom. The largest absolute Gasteiger partial charge is 0.508 e.